The second-order valence-corrected chi connectivity index (χ2v) is 5.37. The first-order valence-corrected chi connectivity index (χ1v) is 6.54. The standard InChI is InChI=1S/C14H16N2O4/c15-14(13(18)19)5-6-16(8-14)12(17)10-7-20-11-4-2-1-3-9(10)11/h1-4,10H,5-8,15H2,(H,18,19). The van der Waals surface area contributed by atoms with Gasteiger partial charge in [0.25, 0.3) is 0 Å². The van der Waals surface area contributed by atoms with Gasteiger partial charge in [0.15, 0.2) is 0 Å². The molecule has 0 saturated carbocycles. The van der Waals surface area contributed by atoms with Gasteiger partial charge in [0.1, 0.15) is 23.8 Å². The summed E-state index contributed by atoms with van der Waals surface area (Å²) in [4.78, 5) is 25.2. The molecule has 2 atom stereocenters. The van der Waals surface area contributed by atoms with Crippen LogP contribution < -0.4 is 10.5 Å². The van der Waals surface area contributed by atoms with Gasteiger partial charge in [-0.3, -0.25) is 9.59 Å². The highest BCUT2D eigenvalue weighted by Crippen LogP contribution is 2.35. The second kappa shape index (κ2) is 4.49. The van der Waals surface area contributed by atoms with Crippen LogP contribution in [0.4, 0.5) is 0 Å². The first kappa shape index (κ1) is 12.9. The summed E-state index contributed by atoms with van der Waals surface area (Å²) < 4.78 is 5.50. The molecule has 2 aliphatic heterocycles. The molecule has 1 aromatic carbocycles. The van der Waals surface area contributed by atoms with Gasteiger partial charge in [0.2, 0.25) is 5.91 Å². The predicted molar refractivity (Wildman–Crippen MR) is 70.4 cm³/mol. The molecule has 106 valence electrons. The molecule has 1 amide bonds. The Morgan fingerprint density at radius 3 is 2.85 bits per heavy atom. The molecule has 3 rings (SSSR count). The third-order valence-electron chi connectivity index (χ3n) is 4.04. The summed E-state index contributed by atoms with van der Waals surface area (Å²) in [7, 11) is 0. The molecule has 2 aliphatic rings. The maximum absolute atomic E-state index is 12.5. The van der Waals surface area contributed by atoms with Crippen molar-refractivity contribution in [3.63, 3.8) is 0 Å². The van der Waals surface area contributed by atoms with E-state index >= 15 is 0 Å². The van der Waals surface area contributed by atoms with Crippen LogP contribution in [0.1, 0.15) is 17.9 Å². The van der Waals surface area contributed by atoms with E-state index in [1.54, 1.807) is 0 Å². The largest absolute Gasteiger partial charge is 0.492 e. The van der Waals surface area contributed by atoms with Crippen molar-refractivity contribution in [3.8, 4) is 5.75 Å². The van der Waals surface area contributed by atoms with Crippen LogP contribution in [0.2, 0.25) is 0 Å². The van der Waals surface area contributed by atoms with Crippen LogP contribution in [-0.2, 0) is 9.59 Å². The highest BCUT2D eigenvalue weighted by molar-refractivity contribution is 5.88. The van der Waals surface area contributed by atoms with E-state index in [9.17, 15) is 9.59 Å². The van der Waals surface area contributed by atoms with Gasteiger partial charge in [0, 0.05) is 18.7 Å². The fourth-order valence-corrected chi connectivity index (χ4v) is 2.78. The van der Waals surface area contributed by atoms with Crippen molar-refractivity contribution >= 4 is 11.9 Å². The van der Waals surface area contributed by atoms with Crippen LogP contribution in [0.5, 0.6) is 5.75 Å². The SMILES string of the molecule is NC1(C(=O)O)CCN(C(=O)C2COc3ccccc32)C1. The van der Waals surface area contributed by atoms with Crippen LogP contribution >= 0.6 is 0 Å². The quantitative estimate of drug-likeness (QED) is 0.803. The summed E-state index contributed by atoms with van der Waals surface area (Å²) in [5, 5.41) is 9.11. The monoisotopic (exact) mass is 276 g/mol. The number of carbonyl (C=O) groups is 2. The van der Waals surface area contributed by atoms with E-state index in [1.165, 1.54) is 4.90 Å². The number of hydrogen-bond acceptors (Lipinski definition) is 4. The number of ether oxygens (including phenoxy) is 1. The zero-order valence-electron chi connectivity index (χ0n) is 10.9. The molecule has 0 aromatic heterocycles. The Kier molecular flexibility index (Phi) is 2.90. The fraction of sp³-hybridized carbons (Fsp3) is 0.429. The Labute approximate surface area is 116 Å². The van der Waals surface area contributed by atoms with Crippen molar-refractivity contribution in [1.82, 2.24) is 4.90 Å². The van der Waals surface area contributed by atoms with Crippen molar-refractivity contribution in [2.45, 2.75) is 17.9 Å². The number of hydrogen-bond donors (Lipinski definition) is 2. The highest BCUT2D eigenvalue weighted by Gasteiger charge is 2.45. The minimum Gasteiger partial charge on any atom is -0.492 e. The molecule has 0 spiro atoms. The normalized spacial score (nSPS) is 28.1. The number of carboxylic acids is 1. The fourth-order valence-electron chi connectivity index (χ4n) is 2.78. The van der Waals surface area contributed by atoms with Crippen LogP contribution in [0.3, 0.4) is 0 Å². The van der Waals surface area contributed by atoms with E-state index in [2.05, 4.69) is 0 Å². The van der Waals surface area contributed by atoms with Crippen LogP contribution in [0.15, 0.2) is 24.3 Å². The summed E-state index contributed by atoms with van der Waals surface area (Å²) in [6.07, 6.45) is 0.281. The van der Waals surface area contributed by atoms with E-state index in [0.717, 1.165) is 11.3 Å². The van der Waals surface area contributed by atoms with Gasteiger partial charge < -0.3 is 20.5 Å². The Balaban J connectivity index is 1.77. The van der Waals surface area contributed by atoms with E-state index < -0.39 is 11.5 Å². The lowest BCUT2D eigenvalue weighted by Crippen LogP contribution is -2.51. The Morgan fingerprint density at radius 1 is 1.40 bits per heavy atom. The molecule has 2 heterocycles. The molecule has 1 aromatic rings. The van der Waals surface area contributed by atoms with Crippen molar-refractivity contribution in [3.05, 3.63) is 29.8 Å². The van der Waals surface area contributed by atoms with Crippen molar-refractivity contribution in [2.75, 3.05) is 19.7 Å². The average molecular weight is 276 g/mol. The molecule has 20 heavy (non-hydrogen) atoms. The maximum Gasteiger partial charge on any atom is 0.325 e. The average Bonchev–Trinajstić information content (AvgIpc) is 3.03. The Hall–Kier alpha value is -2.08. The third kappa shape index (κ3) is 1.92. The van der Waals surface area contributed by atoms with Gasteiger partial charge in [0.05, 0.1) is 0 Å². The molecular weight excluding hydrogens is 260 g/mol. The van der Waals surface area contributed by atoms with Crippen LogP contribution in [0, 0.1) is 0 Å². The molecule has 0 aliphatic carbocycles. The topological polar surface area (TPSA) is 92.9 Å². The molecule has 0 radical (unpaired) electrons. The maximum atomic E-state index is 12.5. The van der Waals surface area contributed by atoms with Gasteiger partial charge >= 0.3 is 5.97 Å². The van der Waals surface area contributed by atoms with Crippen LogP contribution in [0.25, 0.3) is 0 Å². The summed E-state index contributed by atoms with van der Waals surface area (Å²) in [6.45, 7) is 0.736. The number of carbonyl (C=O) groups excluding carboxylic acids is 1. The number of nitrogens with two attached hydrogens (primary N) is 1. The number of para-hydroxylation sites is 1. The molecule has 1 saturated heterocycles. The van der Waals surface area contributed by atoms with E-state index in [1.807, 2.05) is 24.3 Å². The first-order chi connectivity index (χ1) is 9.51. The number of nitrogens with zero attached hydrogens (tertiary/aromatic N) is 1. The molecule has 6 heteroatoms. The predicted octanol–water partition coefficient (Wildman–Crippen LogP) is 0.177. The van der Waals surface area contributed by atoms with Gasteiger partial charge in [-0.15, -0.1) is 0 Å². The van der Waals surface area contributed by atoms with Gasteiger partial charge in [-0.2, -0.15) is 0 Å². The summed E-state index contributed by atoms with van der Waals surface area (Å²) >= 11 is 0. The molecular formula is C14H16N2O4. The van der Waals surface area contributed by atoms with Gasteiger partial charge in [-0.25, -0.2) is 0 Å². The number of amides is 1. The lowest BCUT2D eigenvalue weighted by molar-refractivity contribution is -0.143. The lowest BCUT2D eigenvalue weighted by Gasteiger charge is -2.22. The van der Waals surface area contributed by atoms with Crippen molar-refractivity contribution < 1.29 is 19.4 Å². The highest BCUT2D eigenvalue weighted by atomic mass is 16.5. The van der Waals surface area contributed by atoms with Gasteiger partial charge in [-0.1, -0.05) is 18.2 Å². The number of benzene rings is 1. The minimum atomic E-state index is -1.32. The molecule has 0 bridgehead atoms. The summed E-state index contributed by atoms with van der Waals surface area (Å²) in [5.41, 5.74) is 5.34. The third-order valence-corrected chi connectivity index (χ3v) is 4.04. The molecule has 2 unspecified atom stereocenters. The number of rotatable bonds is 2. The number of fused-ring (bicyclic) bond motifs is 1. The zero-order chi connectivity index (χ0) is 14.3. The number of likely N-dealkylation sites (tertiary alicyclic amines) is 1. The van der Waals surface area contributed by atoms with Crippen molar-refractivity contribution in [2.24, 2.45) is 5.73 Å². The molecule has 1 fully saturated rings. The number of aliphatic carboxylic acids is 1. The number of carboxylic acid groups (broad SMARTS) is 1. The zero-order valence-corrected chi connectivity index (χ0v) is 10.9. The second-order valence-electron chi connectivity index (χ2n) is 5.37. The lowest BCUT2D eigenvalue weighted by atomic mass is 9.99. The molecule has 3 N–H and O–H groups in total. The first-order valence-electron chi connectivity index (χ1n) is 6.54. The van der Waals surface area contributed by atoms with E-state index in [4.69, 9.17) is 15.6 Å². The Bertz CT molecular complexity index is 574. The van der Waals surface area contributed by atoms with Crippen molar-refractivity contribution in [1.29, 1.82) is 0 Å². The van der Waals surface area contributed by atoms with Crippen LogP contribution in [-0.4, -0.2) is 47.1 Å². The smallest absolute Gasteiger partial charge is 0.325 e. The van der Waals surface area contributed by atoms with Gasteiger partial charge in [-0.05, 0) is 12.5 Å². The van der Waals surface area contributed by atoms with E-state index in [-0.39, 0.29) is 24.8 Å². The Morgan fingerprint density at radius 2 is 2.15 bits per heavy atom. The van der Waals surface area contributed by atoms with E-state index in [0.29, 0.717) is 13.2 Å². The summed E-state index contributed by atoms with van der Waals surface area (Å²) in [5.74, 6) is -0.802. The minimum absolute atomic E-state index is 0.0554. The summed E-state index contributed by atoms with van der Waals surface area (Å²) in [6, 6.07) is 7.42. The molecule has 6 nitrogen and oxygen atoms in total.